The molecule has 1 N–H and O–H groups in total. The second-order valence-corrected chi connectivity index (χ2v) is 6.20. The third-order valence-electron chi connectivity index (χ3n) is 3.76. The first-order chi connectivity index (χ1) is 8.95. The molecule has 0 amide bonds. The number of aromatic nitrogens is 1. The third kappa shape index (κ3) is 2.90. The summed E-state index contributed by atoms with van der Waals surface area (Å²) in [6.45, 7) is 10.7. The fourth-order valence-corrected chi connectivity index (χ4v) is 3.11. The van der Waals surface area contributed by atoms with Crippen molar-refractivity contribution in [2.75, 3.05) is 37.6 Å². The molecule has 2 heterocycles. The Morgan fingerprint density at radius 1 is 1.42 bits per heavy atom. The Morgan fingerprint density at radius 3 is 2.58 bits per heavy atom. The molecule has 1 saturated heterocycles. The van der Waals surface area contributed by atoms with Crippen LogP contribution in [0.1, 0.15) is 26.5 Å². The topological polar surface area (TPSA) is 56.7 Å². The van der Waals surface area contributed by atoms with E-state index in [9.17, 15) is 9.90 Å². The molecule has 1 aliphatic rings. The highest BCUT2D eigenvalue weighted by Gasteiger charge is 2.32. The Labute approximate surface area is 117 Å². The SMILES string of the molecule is CCN1CCN(c2nc(C(C)(C)C(=O)O)cs2)CC1. The minimum Gasteiger partial charge on any atom is -0.481 e. The van der Waals surface area contributed by atoms with Crippen LogP contribution in [0.2, 0.25) is 0 Å². The van der Waals surface area contributed by atoms with Gasteiger partial charge in [0.2, 0.25) is 0 Å². The van der Waals surface area contributed by atoms with Gasteiger partial charge in [-0.1, -0.05) is 6.92 Å². The van der Waals surface area contributed by atoms with E-state index in [0.29, 0.717) is 5.69 Å². The van der Waals surface area contributed by atoms with Crippen LogP contribution in [0.3, 0.4) is 0 Å². The maximum absolute atomic E-state index is 11.2. The van der Waals surface area contributed by atoms with Crippen LogP contribution in [0.15, 0.2) is 5.38 Å². The zero-order valence-electron chi connectivity index (χ0n) is 11.7. The van der Waals surface area contributed by atoms with E-state index in [1.807, 2.05) is 5.38 Å². The summed E-state index contributed by atoms with van der Waals surface area (Å²) in [4.78, 5) is 20.4. The first kappa shape index (κ1) is 14.3. The summed E-state index contributed by atoms with van der Waals surface area (Å²) in [5.74, 6) is -0.833. The van der Waals surface area contributed by atoms with Crippen molar-refractivity contribution in [3.05, 3.63) is 11.1 Å². The van der Waals surface area contributed by atoms with Gasteiger partial charge in [-0.25, -0.2) is 4.98 Å². The van der Waals surface area contributed by atoms with Gasteiger partial charge in [-0.3, -0.25) is 4.79 Å². The van der Waals surface area contributed by atoms with Crippen molar-refractivity contribution >= 4 is 22.4 Å². The lowest BCUT2D eigenvalue weighted by atomic mass is 9.90. The smallest absolute Gasteiger partial charge is 0.315 e. The first-order valence-electron chi connectivity index (χ1n) is 6.62. The molecule has 106 valence electrons. The predicted octanol–water partition coefficient (Wildman–Crippen LogP) is 1.65. The molecule has 0 atom stereocenters. The number of carboxylic acids is 1. The number of thiazole rings is 1. The summed E-state index contributed by atoms with van der Waals surface area (Å²) >= 11 is 1.54. The summed E-state index contributed by atoms with van der Waals surface area (Å²) in [6.07, 6.45) is 0. The maximum atomic E-state index is 11.2. The summed E-state index contributed by atoms with van der Waals surface area (Å²) in [6, 6.07) is 0. The molecule has 0 saturated carbocycles. The van der Waals surface area contributed by atoms with Gasteiger partial charge in [-0.15, -0.1) is 11.3 Å². The number of rotatable bonds is 4. The molecule has 6 heteroatoms. The molecule has 0 spiro atoms. The standard InChI is InChI=1S/C13H21N3O2S/c1-4-15-5-7-16(8-6-15)12-14-10(9-19-12)13(2,3)11(17)18/h9H,4-8H2,1-3H3,(H,17,18). The van der Waals surface area contributed by atoms with E-state index in [1.54, 1.807) is 25.2 Å². The summed E-state index contributed by atoms with van der Waals surface area (Å²) in [5.41, 5.74) is -0.266. The Balaban J connectivity index is 2.08. The van der Waals surface area contributed by atoms with Crippen molar-refractivity contribution in [2.24, 2.45) is 0 Å². The van der Waals surface area contributed by atoms with Crippen LogP contribution in [0, 0.1) is 0 Å². The van der Waals surface area contributed by atoms with Gasteiger partial charge in [0.1, 0.15) is 5.41 Å². The largest absolute Gasteiger partial charge is 0.481 e. The lowest BCUT2D eigenvalue weighted by molar-refractivity contribution is -0.142. The van der Waals surface area contributed by atoms with Crippen LogP contribution in [0.4, 0.5) is 5.13 Å². The van der Waals surface area contributed by atoms with E-state index in [2.05, 4.69) is 21.7 Å². The number of carboxylic acid groups (broad SMARTS) is 1. The molecule has 0 bridgehead atoms. The number of hydrogen-bond acceptors (Lipinski definition) is 5. The van der Waals surface area contributed by atoms with Crippen molar-refractivity contribution in [2.45, 2.75) is 26.2 Å². The van der Waals surface area contributed by atoms with Gasteiger partial charge in [-0.05, 0) is 20.4 Å². The number of likely N-dealkylation sites (N-methyl/N-ethyl adjacent to an activating group) is 1. The second kappa shape index (κ2) is 5.46. The third-order valence-corrected chi connectivity index (χ3v) is 4.66. The Morgan fingerprint density at radius 2 is 2.05 bits per heavy atom. The Bertz CT molecular complexity index is 450. The molecule has 0 radical (unpaired) electrons. The fraction of sp³-hybridized carbons (Fsp3) is 0.692. The maximum Gasteiger partial charge on any atom is 0.315 e. The van der Waals surface area contributed by atoms with Crippen LogP contribution >= 0.6 is 11.3 Å². The molecule has 1 aliphatic heterocycles. The molecular formula is C13H21N3O2S. The van der Waals surface area contributed by atoms with Crippen LogP contribution in [0.5, 0.6) is 0 Å². The van der Waals surface area contributed by atoms with Crippen molar-refractivity contribution in [3.8, 4) is 0 Å². The minimum absolute atomic E-state index is 0.651. The number of hydrogen-bond donors (Lipinski definition) is 1. The molecule has 5 nitrogen and oxygen atoms in total. The van der Waals surface area contributed by atoms with Gasteiger partial charge >= 0.3 is 5.97 Å². The highest BCUT2D eigenvalue weighted by atomic mass is 32.1. The molecule has 0 aliphatic carbocycles. The average molecular weight is 283 g/mol. The van der Waals surface area contributed by atoms with Gasteiger partial charge in [0, 0.05) is 31.6 Å². The van der Waals surface area contributed by atoms with Crippen molar-refractivity contribution < 1.29 is 9.90 Å². The van der Waals surface area contributed by atoms with Crippen LogP contribution in [-0.4, -0.2) is 53.7 Å². The number of aliphatic carboxylic acids is 1. The predicted molar refractivity (Wildman–Crippen MR) is 77.1 cm³/mol. The average Bonchev–Trinajstić information content (AvgIpc) is 2.89. The second-order valence-electron chi connectivity index (χ2n) is 5.37. The lowest BCUT2D eigenvalue weighted by Gasteiger charge is -2.33. The van der Waals surface area contributed by atoms with Gasteiger partial charge in [0.25, 0.3) is 0 Å². The molecular weight excluding hydrogens is 262 g/mol. The number of nitrogens with zero attached hydrogens (tertiary/aromatic N) is 3. The highest BCUT2D eigenvalue weighted by Crippen LogP contribution is 2.29. The van der Waals surface area contributed by atoms with Crippen molar-refractivity contribution in [3.63, 3.8) is 0 Å². The van der Waals surface area contributed by atoms with Crippen LogP contribution in [0.25, 0.3) is 0 Å². The van der Waals surface area contributed by atoms with Crippen molar-refractivity contribution in [1.82, 2.24) is 9.88 Å². The van der Waals surface area contributed by atoms with E-state index in [1.165, 1.54) is 0 Å². The van der Waals surface area contributed by atoms with Crippen LogP contribution < -0.4 is 4.90 Å². The zero-order chi connectivity index (χ0) is 14.0. The molecule has 1 fully saturated rings. The summed E-state index contributed by atoms with van der Waals surface area (Å²) in [7, 11) is 0. The molecule has 0 unspecified atom stereocenters. The number of carbonyl (C=O) groups is 1. The normalized spacial score (nSPS) is 17.7. The van der Waals surface area contributed by atoms with Crippen LogP contribution in [-0.2, 0) is 10.2 Å². The van der Waals surface area contributed by atoms with E-state index in [-0.39, 0.29) is 0 Å². The van der Waals surface area contributed by atoms with E-state index in [0.717, 1.165) is 37.9 Å². The van der Waals surface area contributed by atoms with Crippen molar-refractivity contribution in [1.29, 1.82) is 0 Å². The van der Waals surface area contributed by atoms with Gasteiger partial charge in [-0.2, -0.15) is 0 Å². The number of piperazine rings is 1. The van der Waals surface area contributed by atoms with E-state index in [4.69, 9.17) is 0 Å². The molecule has 0 aromatic carbocycles. The Kier molecular flexibility index (Phi) is 4.10. The minimum atomic E-state index is -0.917. The van der Waals surface area contributed by atoms with Gasteiger partial charge < -0.3 is 14.9 Å². The molecule has 2 rings (SSSR count). The highest BCUT2D eigenvalue weighted by molar-refractivity contribution is 7.13. The van der Waals surface area contributed by atoms with Gasteiger partial charge in [0.05, 0.1) is 5.69 Å². The molecule has 1 aromatic heterocycles. The van der Waals surface area contributed by atoms with E-state index < -0.39 is 11.4 Å². The molecule has 1 aromatic rings. The summed E-state index contributed by atoms with van der Waals surface area (Å²) < 4.78 is 0. The first-order valence-corrected chi connectivity index (χ1v) is 7.49. The lowest BCUT2D eigenvalue weighted by Crippen LogP contribution is -2.46. The monoisotopic (exact) mass is 283 g/mol. The molecule has 19 heavy (non-hydrogen) atoms. The number of anilines is 1. The quantitative estimate of drug-likeness (QED) is 0.910. The fourth-order valence-electron chi connectivity index (χ4n) is 2.06. The van der Waals surface area contributed by atoms with Gasteiger partial charge in [0.15, 0.2) is 5.13 Å². The van der Waals surface area contributed by atoms with E-state index >= 15 is 0 Å². The summed E-state index contributed by atoms with van der Waals surface area (Å²) in [5, 5.41) is 12.0. The zero-order valence-corrected chi connectivity index (χ0v) is 12.5. The Hall–Kier alpha value is -1.14.